The largest absolute Gasteiger partial charge is 0.437 e. The summed E-state index contributed by atoms with van der Waals surface area (Å²) in [5.41, 5.74) is 3.65. The van der Waals surface area contributed by atoms with Gasteiger partial charge in [-0.15, -0.1) is 0 Å². The van der Waals surface area contributed by atoms with Crippen LogP contribution < -0.4 is 4.57 Å². The Hall–Kier alpha value is -3.27. The molecule has 0 bridgehead atoms. The predicted octanol–water partition coefficient (Wildman–Crippen LogP) is 4.33. The summed E-state index contributed by atoms with van der Waals surface area (Å²) in [5, 5.41) is 4.41. The van der Waals surface area contributed by atoms with Crippen LogP contribution >= 0.6 is 0 Å². The molecule has 3 aromatic heterocycles. The second-order valence-corrected chi connectivity index (χ2v) is 6.32. The monoisotopic (exact) mass is 326 g/mol. The molecule has 0 spiro atoms. The van der Waals surface area contributed by atoms with Gasteiger partial charge in [0.15, 0.2) is 5.58 Å². The van der Waals surface area contributed by atoms with Crippen molar-refractivity contribution in [3.63, 3.8) is 0 Å². The second-order valence-electron chi connectivity index (χ2n) is 6.32. The summed E-state index contributed by atoms with van der Waals surface area (Å²) >= 11 is 0. The topological polar surface area (TPSA) is 42.8 Å². The molecule has 4 heteroatoms. The molecule has 5 aromatic rings. The van der Waals surface area contributed by atoms with Gasteiger partial charge in [-0.1, -0.05) is 36.4 Å². The molecule has 25 heavy (non-hydrogen) atoms. The van der Waals surface area contributed by atoms with E-state index in [1.165, 1.54) is 0 Å². The van der Waals surface area contributed by atoms with Gasteiger partial charge in [0.1, 0.15) is 11.8 Å². The minimum absolute atomic E-state index is 0.666. The molecule has 2 aromatic carbocycles. The molecule has 0 aliphatic carbocycles. The van der Waals surface area contributed by atoms with E-state index in [0.717, 1.165) is 44.1 Å². The molecule has 0 saturated heterocycles. The van der Waals surface area contributed by atoms with Gasteiger partial charge in [-0.2, -0.15) is 0 Å². The second kappa shape index (κ2) is 5.11. The molecule has 0 saturated carbocycles. The molecule has 3 heterocycles. The third kappa shape index (κ3) is 1.97. The molecule has 0 aliphatic heterocycles. The Morgan fingerprint density at radius 3 is 2.72 bits per heavy atom. The van der Waals surface area contributed by atoms with Crippen molar-refractivity contribution in [2.45, 2.75) is 6.92 Å². The van der Waals surface area contributed by atoms with Crippen molar-refractivity contribution >= 4 is 32.8 Å². The molecule has 0 unspecified atom stereocenters. The predicted molar refractivity (Wildman–Crippen MR) is 98.2 cm³/mol. The Balaban J connectivity index is 1.99. The van der Waals surface area contributed by atoms with E-state index in [1.54, 1.807) is 0 Å². The number of nitrogens with zero attached hydrogens (tertiary/aromatic N) is 3. The summed E-state index contributed by atoms with van der Waals surface area (Å²) < 4.78 is 8.23. The van der Waals surface area contributed by atoms with Gasteiger partial charge >= 0.3 is 5.82 Å². The highest BCUT2D eigenvalue weighted by atomic mass is 16.3. The lowest BCUT2D eigenvalue weighted by Crippen LogP contribution is -2.31. The van der Waals surface area contributed by atoms with E-state index in [1.807, 2.05) is 42.3 Å². The molecule has 0 aliphatic rings. The Morgan fingerprint density at radius 2 is 1.84 bits per heavy atom. The van der Waals surface area contributed by atoms with Crippen molar-refractivity contribution in [1.29, 1.82) is 0 Å². The Bertz CT molecular complexity index is 1270. The minimum Gasteiger partial charge on any atom is -0.437 e. The fraction of sp³-hybridized carbons (Fsp3) is 0.0952. The maximum atomic E-state index is 6.22. The van der Waals surface area contributed by atoms with Crippen molar-refractivity contribution in [2.24, 2.45) is 7.05 Å². The SMILES string of the molecule is Cc1ccc2c(oc3ncc4ccccc4c32)c1-c1nccc[n+]1C. The summed E-state index contributed by atoms with van der Waals surface area (Å²) in [6.07, 6.45) is 5.67. The van der Waals surface area contributed by atoms with Crippen LogP contribution in [0.1, 0.15) is 5.56 Å². The van der Waals surface area contributed by atoms with Gasteiger partial charge in [-0.25, -0.2) is 9.55 Å². The van der Waals surface area contributed by atoms with Crippen LogP contribution in [-0.4, -0.2) is 9.97 Å². The Morgan fingerprint density at radius 1 is 0.960 bits per heavy atom. The zero-order valence-corrected chi connectivity index (χ0v) is 14.0. The number of pyridine rings is 1. The van der Waals surface area contributed by atoms with Gasteiger partial charge in [-0.05, 0) is 22.9 Å². The van der Waals surface area contributed by atoms with Gasteiger partial charge in [0.05, 0.1) is 18.6 Å². The van der Waals surface area contributed by atoms with E-state index in [2.05, 4.69) is 47.2 Å². The van der Waals surface area contributed by atoms with Crippen LogP contribution in [0.3, 0.4) is 0 Å². The van der Waals surface area contributed by atoms with Gasteiger partial charge in [0, 0.05) is 23.0 Å². The Labute approximate surface area is 144 Å². The Kier molecular flexibility index (Phi) is 2.88. The normalized spacial score (nSPS) is 11.6. The van der Waals surface area contributed by atoms with Crippen LogP contribution in [0.2, 0.25) is 0 Å². The highest BCUT2D eigenvalue weighted by Crippen LogP contribution is 2.38. The van der Waals surface area contributed by atoms with Crippen LogP contribution in [0.4, 0.5) is 0 Å². The van der Waals surface area contributed by atoms with Crippen molar-refractivity contribution < 1.29 is 8.98 Å². The number of rotatable bonds is 1. The number of benzene rings is 2. The summed E-state index contributed by atoms with van der Waals surface area (Å²) in [4.78, 5) is 9.11. The average molecular weight is 326 g/mol. The third-order valence-electron chi connectivity index (χ3n) is 4.75. The first kappa shape index (κ1) is 14.1. The molecule has 0 amide bonds. The number of furan rings is 1. The molecular formula is C21H16N3O+. The van der Waals surface area contributed by atoms with Gasteiger partial charge < -0.3 is 4.42 Å². The lowest BCUT2D eigenvalue weighted by molar-refractivity contribution is -0.663. The van der Waals surface area contributed by atoms with Crippen LogP contribution in [0.5, 0.6) is 0 Å². The first-order valence-corrected chi connectivity index (χ1v) is 8.24. The standard InChI is InChI=1S/C21H16N3O/c1-13-8-9-16-18-15-7-4-3-6-14(15)12-23-21(18)25-19(16)17(13)20-22-10-5-11-24(20)2/h3-12H,1-2H3/q+1. The zero-order valence-electron chi connectivity index (χ0n) is 14.0. The highest BCUT2D eigenvalue weighted by Gasteiger charge is 2.23. The van der Waals surface area contributed by atoms with Crippen molar-refractivity contribution in [3.8, 4) is 11.4 Å². The van der Waals surface area contributed by atoms with Gasteiger partial charge in [0.2, 0.25) is 5.71 Å². The first-order chi connectivity index (χ1) is 12.2. The van der Waals surface area contributed by atoms with E-state index < -0.39 is 0 Å². The molecule has 4 nitrogen and oxygen atoms in total. The molecule has 120 valence electrons. The molecular weight excluding hydrogens is 310 g/mol. The third-order valence-corrected chi connectivity index (χ3v) is 4.75. The smallest absolute Gasteiger partial charge is 0.334 e. The molecule has 0 fully saturated rings. The lowest BCUT2D eigenvalue weighted by atomic mass is 10.0. The first-order valence-electron chi connectivity index (χ1n) is 8.24. The van der Waals surface area contributed by atoms with Gasteiger partial charge in [0.25, 0.3) is 0 Å². The molecule has 0 atom stereocenters. The summed E-state index contributed by atoms with van der Waals surface area (Å²) in [6.45, 7) is 2.09. The van der Waals surface area contributed by atoms with E-state index in [4.69, 9.17) is 4.42 Å². The summed E-state index contributed by atoms with van der Waals surface area (Å²) in [7, 11) is 2.00. The number of fused-ring (bicyclic) bond motifs is 5. The zero-order chi connectivity index (χ0) is 17.0. The fourth-order valence-electron chi connectivity index (χ4n) is 3.53. The van der Waals surface area contributed by atoms with E-state index >= 15 is 0 Å². The number of aromatic nitrogens is 3. The lowest BCUT2D eigenvalue weighted by Gasteiger charge is -2.03. The quantitative estimate of drug-likeness (QED) is 0.431. The summed E-state index contributed by atoms with van der Waals surface area (Å²) in [6, 6.07) is 14.5. The fourth-order valence-corrected chi connectivity index (χ4v) is 3.53. The number of hydrogen-bond acceptors (Lipinski definition) is 3. The van der Waals surface area contributed by atoms with Gasteiger partial charge in [-0.3, -0.25) is 0 Å². The van der Waals surface area contributed by atoms with E-state index in [9.17, 15) is 0 Å². The van der Waals surface area contributed by atoms with Crippen LogP contribution in [0.15, 0.2) is 65.5 Å². The maximum Gasteiger partial charge on any atom is 0.334 e. The molecule has 5 rings (SSSR count). The maximum absolute atomic E-state index is 6.22. The highest BCUT2D eigenvalue weighted by molar-refractivity contribution is 6.19. The molecule has 0 radical (unpaired) electrons. The van der Waals surface area contributed by atoms with Crippen molar-refractivity contribution in [1.82, 2.24) is 9.97 Å². The number of hydrogen-bond donors (Lipinski definition) is 0. The van der Waals surface area contributed by atoms with Crippen molar-refractivity contribution in [3.05, 3.63) is 66.6 Å². The van der Waals surface area contributed by atoms with Crippen molar-refractivity contribution in [2.75, 3.05) is 0 Å². The van der Waals surface area contributed by atoms with E-state index in [0.29, 0.717) is 5.71 Å². The average Bonchev–Trinajstić information content (AvgIpc) is 3.01. The van der Waals surface area contributed by atoms with Crippen LogP contribution in [0, 0.1) is 6.92 Å². The van der Waals surface area contributed by atoms with E-state index in [-0.39, 0.29) is 0 Å². The minimum atomic E-state index is 0.666. The molecule has 0 N–H and O–H groups in total. The van der Waals surface area contributed by atoms with Crippen LogP contribution in [-0.2, 0) is 7.05 Å². The van der Waals surface area contributed by atoms with Crippen LogP contribution in [0.25, 0.3) is 44.2 Å². The summed E-state index contributed by atoms with van der Waals surface area (Å²) in [5.74, 6) is 0.883. The number of aryl methyl sites for hydroxylation is 2.